The molecule has 6 nitrogen and oxygen atoms in total. The Morgan fingerprint density at radius 1 is 1.18 bits per heavy atom. The van der Waals surface area contributed by atoms with Crippen molar-refractivity contribution in [2.24, 2.45) is 0 Å². The predicted molar refractivity (Wildman–Crippen MR) is 113 cm³/mol. The third kappa shape index (κ3) is 5.25. The Kier molecular flexibility index (Phi) is 7.31. The Bertz CT molecular complexity index is 899. The number of rotatable bonds is 10. The zero-order valence-electron chi connectivity index (χ0n) is 16.3. The van der Waals surface area contributed by atoms with Crippen molar-refractivity contribution in [2.45, 2.75) is 50.1 Å². The first-order valence-electron chi connectivity index (χ1n) is 9.68. The number of nitrogens with one attached hydrogen (secondary N) is 2. The maximum atomic E-state index is 12.6. The Morgan fingerprint density at radius 2 is 2.04 bits per heavy atom. The zero-order chi connectivity index (χ0) is 19.8. The molecule has 3 rings (SSSR count). The molecule has 0 aliphatic heterocycles. The molecule has 0 fully saturated rings. The number of aromatic nitrogens is 2. The van der Waals surface area contributed by atoms with Gasteiger partial charge in [-0.15, -0.1) is 0 Å². The van der Waals surface area contributed by atoms with Crippen molar-refractivity contribution in [2.75, 3.05) is 11.9 Å². The molecule has 148 valence electrons. The van der Waals surface area contributed by atoms with Gasteiger partial charge in [0.25, 0.3) is 0 Å². The van der Waals surface area contributed by atoms with Crippen LogP contribution < -0.4 is 10.6 Å². The third-order valence-electron chi connectivity index (χ3n) is 4.33. The van der Waals surface area contributed by atoms with Crippen molar-refractivity contribution in [3.8, 4) is 0 Å². The first-order chi connectivity index (χ1) is 13.7. The van der Waals surface area contributed by atoms with E-state index in [0.717, 1.165) is 41.9 Å². The van der Waals surface area contributed by atoms with Crippen molar-refractivity contribution in [3.05, 3.63) is 48.4 Å². The van der Waals surface area contributed by atoms with Crippen molar-refractivity contribution in [1.29, 1.82) is 0 Å². The molecule has 0 saturated carbocycles. The second-order valence-electron chi connectivity index (χ2n) is 6.46. The number of amides is 1. The summed E-state index contributed by atoms with van der Waals surface area (Å²) >= 11 is 1.40. The first kappa shape index (κ1) is 20.2. The summed E-state index contributed by atoms with van der Waals surface area (Å²) in [6.07, 6.45) is 4.48. The van der Waals surface area contributed by atoms with E-state index in [2.05, 4.69) is 22.5 Å². The highest BCUT2D eigenvalue weighted by Gasteiger charge is 2.20. The number of thioether (sulfide) groups is 1. The molecule has 2 aromatic heterocycles. The molecular formula is C21H26N4O2S. The number of carbonyl (C=O) groups excluding carboxylic acids is 1. The lowest BCUT2D eigenvalue weighted by Crippen LogP contribution is -2.31. The lowest BCUT2D eigenvalue weighted by molar-refractivity contribution is -0.120. The average Bonchev–Trinajstić information content (AvgIpc) is 3.24. The lowest BCUT2D eigenvalue weighted by atomic mass is 10.2. The van der Waals surface area contributed by atoms with Gasteiger partial charge < -0.3 is 15.1 Å². The highest BCUT2D eigenvalue weighted by atomic mass is 32.2. The summed E-state index contributed by atoms with van der Waals surface area (Å²) in [5, 5.41) is 7.68. The van der Waals surface area contributed by atoms with Gasteiger partial charge in [0.15, 0.2) is 5.16 Å². The molecule has 0 radical (unpaired) electrons. The van der Waals surface area contributed by atoms with E-state index in [4.69, 9.17) is 9.40 Å². The number of benzene rings is 1. The molecule has 2 N–H and O–H groups in total. The Balaban J connectivity index is 1.74. The van der Waals surface area contributed by atoms with Gasteiger partial charge in [-0.2, -0.15) is 0 Å². The quantitative estimate of drug-likeness (QED) is 0.295. The van der Waals surface area contributed by atoms with E-state index < -0.39 is 0 Å². The Morgan fingerprint density at radius 3 is 2.79 bits per heavy atom. The number of furan rings is 1. The minimum atomic E-state index is -0.264. The summed E-state index contributed by atoms with van der Waals surface area (Å²) in [6.45, 7) is 5.40. The highest BCUT2D eigenvalue weighted by molar-refractivity contribution is 8.00. The van der Waals surface area contributed by atoms with Gasteiger partial charge in [0.05, 0.1) is 23.6 Å². The van der Waals surface area contributed by atoms with E-state index >= 15 is 0 Å². The normalized spacial score (nSPS) is 12.1. The lowest BCUT2D eigenvalue weighted by Gasteiger charge is -2.15. The van der Waals surface area contributed by atoms with Gasteiger partial charge in [-0.1, -0.05) is 44.2 Å². The van der Waals surface area contributed by atoms with Crippen LogP contribution in [0.1, 0.15) is 38.9 Å². The number of hydrogen-bond donors (Lipinski definition) is 2. The molecule has 0 saturated heterocycles. The predicted octanol–water partition coefficient (Wildman–Crippen LogP) is 4.62. The molecule has 7 heteroatoms. The van der Waals surface area contributed by atoms with Gasteiger partial charge >= 0.3 is 0 Å². The summed E-state index contributed by atoms with van der Waals surface area (Å²) in [5.41, 5.74) is 0.879. The Labute approximate surface area is 169 Å². The second kappa shape index (κ2) is 10.1. The maximum Gasteiger partial charge on any atom is 0.233 e. The van der Waals surface area contributed by atoms with Gasteiger partial charge in [0.1, 0.15) is 11.6 Å². The van der Waals surface area contributed by atoms with Crippen LogP contribution in [0.2, 0.25) is 0 Å². The van der Waals surface area contributed by atoms with Crippen LogP contribution in [-0.4, -0.2) is 27.7 Å². The fourth-order valence-corrected chi connectivity index (χ4v) is 3.68. The van der Waals surface area contributed by atoms with Crippen LogP contribution in [0.25, 0.3) is 10.9 Å². The molecule has 28 heavy (non-hydrogen) atoms. The van der Waals surface area contributed by atoms with E-state index in [9.17, 15) is 4.79 Å². The van der Waals surface area contributed by atoms with Crippen LogP contribution in [0.5, 0.6) is 0 Å². The zero-order valence-corrected chi connectivity index (χ0v) is 17.1. The number of hydrogen-bond acceptors (Lipinski definition) is 6. The van der Waals surface area contributed by atoms with E-state index in [0.29, 0.717) is 18.1 Å². The number of anilines is 1. The van der Waals surface area contributed by atoms with Crippen LogP contribution in [0.15, 0.2) is 52.2 Å². The minimum Gasteiger partial charge on any atom is -0.467 e. The molecule has 0 aliphatic rings. The molecule has 0 unspecified atom stereocenters. The summed E-state index contributed by atoms with van der Waals surface area (Å²) in [6, 6.07) is 11.6. The molecule has 1 amide bonds. The molecular weight excluding hydrogens is 372 g/mol. The minimum absolute atomic E-state index is 0.0406. The van der Waals surface area contributed by atoms with Crippen molar-refractivity contribution < 1.29 is 9.21 Å². The van der Waals surface area contributed by atoms with E-state index in [1.807, 2.05) is 43.3 Å². The summed E-state index contributed by atoms with van der Waals surface area (Å²) in [7, 11) is 0. The fraction of sp³-hybridized carbons (Fsp3) is 0.381. The number of unbranched alkanes of at least 4 members (excludes halogenated alkanes) is 1. The van der Waals surface area contributed by atoms with E-state index in [-0.39, 0.29) is 11.2 Å². The maximum absolute atomic E-state index is 12.6. The Hall–Kier alpha value is -2.54. The van der Waals surface area contributed by atoms with Crippen molar-refractivity contribution in [3.63, 3.8) is 0 Å². The smallest absolute Gasteiger partial charge is 0.233 e. The summed E-state index contributed by atoms with van der Waals surface area (Å²) in [4.78, 5) is 21.9. The SMILES string of the molecule is CCCCNc1nc(S[C@@H](CC)C(=O)NCc2ccco2)nc2ccccc12. The van der Waals surface area contributed by atoms with Crippen LogP contribution in [0.3, 0.4) is 0 Å². The van der Waals surface area contributed by atoms with Crippen molar-refractivity contribution in [1.82, 2.24) is 15.3 Å². The molecule has 0 spiro atoms. The van der Waals surface area contributed by atoms with E-state index in [1.165, 1.54) is 11.8 Å². The molecule has 1 atom stereocenters. The molecule has 2 heterocycles. The van der Waals surface area contributed by atoms with E-state index in [1.54, 1.807) is 6.26 Å². The van der Waals surface area contributed by atoms with Gasteiger partial charge in [-0.3, -0.25) is 4.79 Å². The third-order valence-corrected chi connectivity index (χ3v) is 5.56. The number of fused-ring (bicyclic) bond motifs is 1. The number of nitrogens with zero attached hydrogens (tertiary/aromatic N) is 2. The van der Waals surface area contributed by atoms with Gasteiger partial charge in [0, 0.05) is 11.9 Å². The van der Waals surface area contributed by atoms with Gasteiger partial charge in [-0.05, 0) is 37.1 Å². The summed E-state index contributed by atoms with van der Waals surface area (Å²) in [5.74, 6) is 1.52. The van der Waals surface area contributed by atoms with Crippen LogP contribution in [0, 0.1) is 0 Å². The van der Waals surface area contributed by atoms with Gasteiger partial charge in [-0.25, -0.2) is 9.97 Å². The van der Waals surface area contributed by atoms with Crippen LogP contribution in [0.4, 0.5) is 5.82 Å². The average molecular weight is 399 g/mol. The molecule has 1 aromatic carbocycles. The number of para-hydroxylation sites is 1. The van der Waals surface area contributed by atoms with Crippen LogP contribution in [-0.2, 0) is 11.3 Å². The van der Waals surface area contributed by atoms with Gasteiger partial charge in [0.2, 0.25) is 5.91 Å². The first-order valence-corrected chi connectivity index (χ1v) is 10.6. The molecule has 0 bridgehead atoms. The summed E-state index contributed by atoms with van der Waals surface area (Å²) < 4.78 is 5.27. The largest absolute Gasteiger partial charge is 0.467 e. The van der Waals surface area contributed by atoms with Crippen molar-refractivity contribution >= 4 is 34.4 Å². The molecule has 0 aliphatic carbocycles. The molecule has 3 aromatic rings. The van der Waals surface area contributed by atoms with Crippen LogP contribution >= 0.6 is 11.8 Å². The second-order valence-corrected chi connectivity index (χ2v) is 7.63. The number of carbonyl (C=O) groups is 1. The standard InChI is InChI=1S/C21H26N4O2S/c1-3-5-12-22-19-16-10-6-7-11-17(16)24-21(25-19)28-18(4-2)20(26)23-14-15-9-8-13-27-15/h6-11,13,18H,3-5,12,14H2,1-2H3,(H,23,26)(H,22,24,25)/t18-/m0/s1. The highest BCUT2D eigenvalue weighted by Crippen LogP contribution is 2.28. The fourth-order valence-electron chi connectivity index (χ4n) is 2.78. The monoisotopic (exact) mass is 398 g/mol. The topological polar surface area (TPSA) is 80.0 Å².